The van der Waals surface area contributed by atoms with Crippen molar-refractivity contribution in [2.75, 3.05) is 7.05 Å². The van der Waals surface area contributed by atoms with Crippen LogP contribution in [-0.2, 0) is 6.54 Å². The van der Waals surface area contributed by atoms with Crippen LogP contribution in [0.15, 0.2) is 18.2 Å². The lowest BCUT2D eigenvalue weighted by atomic mass is 10.3. The van der Waals surface area contributed by atoms with Gasteiger partial charge in [-0.2, -0.15) is 4.39 Å². The predicted octanol–water partition coefficient (Wildman–Crippen LogP) is 2.33. The molecule has 17 heavy (non-hydrogen) atoms. The molecule has 1 heterocycles. The van der Waals surface area contributed by atoms with Gasteiger partial charge in [0.05, 0.1) is 0 Å². The largest absolute Gasteiger partial charge is 0.427 e. The van der Waals surface area contributed by atoms with Crippen molar-refractivity contribution in [1.82, 2.24) is 15.5 Å². The lowest BCUT2D eigenvalue weighted by molar-refractivity contribution is 0.411. The van der Waals surface area contributed by atoms with Gasteiger partial charge in [-0.3, -0.25) is 0 Å². The van der Waals surface area contributed by atoms with E-state index in [0.29, 0.717) is 11.6 Å². The number of halogens is 2. The predicted molar refractivity (Wildman–Crippen MR) is 59.1 cm³/mol. The standard InChI is InChI=1S/C10H9F2N3OS/c1-13-5-8-14-15-10(17-8)16-7-4-2-3-6(11)9(7)12/h2-4,13H,5H2,1H3. The summed E-state index contributed by atoms with van der Waals surface area (Å²) < 4.78 is 31.3. The van der Waals surface area contributed by atoms with Crippen LogP contribution in [0.1, 0.15) is 5.01 Å². The fourth-order valence-corrected chi connectivity index (χ4v) is 1.87. The van der Waals surface area contributed by atoms with Gasteiger partial charge in [0.2, 0.25) is 5.82 Å². The summed E-state index contributed by atoms with van der Waals surface area (Å²) in [6.45, 7) is 0.548. The van der Waals surface area contributed by atoms with Crippen molar-refractivity contribution in [1.29, 1.82) is 0 Å². The van der Waals surface area contributed by atoms with Crippen LogP contribution in [0.4, 0.5) is 8.78 Å². The molecule has 0 bridgehead atoms. The molecule has 0 radical (unpaired) electrons. The molecular formula is C10H9F2N3OS. The number of rotatable bonds is 4. The molecular weight excluding hydrogens is 248 g/mol. The van der Waals surface area contributed by atoms with E-state index in [-0.39, 0.29) is 10.9 Å². The normalized spacial score (nSPS) is 10.5. The third-order valence-corrected chi connectivity index (χ3v) is 2.69. The van der Waals surface area contributed by atoms with Crippen LogP contribution in [0.2, 0.25) is 0 Å². The Morgan fingerprint density at radius 2 is 2.18 bits per heavy atom. The maximum absolute atomic E-state index is 13.3. The summed E-state index contributed by atoms with van der Waals surface area (Å²) >= 11 is 1.17. The molecule has 0 aliphatic rings. The Morgan fingerprint density at radius 3 is 2.94 bits per heavy atom. The van der Waals surface area contributed by atoms with E-state index in [0.717, 1.165) is 6.07 Å². The summed E-state index contributed by atoms with van der Waals surface area (Å²) in [6.07, 6.45) is 0. The number of ether oxygens (including phenoxy) is 1. The van der Waals surface area contributed by atoms with E-state index in [9.17, 15) is 8.78 Å². The zero-order valence-corrected chi connectivity index (χ0v) is 9.72. The quantitative estimate of drug-likeness (QED) is 0.913. The second-order valence-corrected chi connectivity index (χ2v) is 4.17. The smallest absolute Gasteiger partial charge is 0.299 e. The second kappa shape index (κ2) is 5.15. The van der Waals surface area contributed by atoms with E-state index < -0.39 is 11.6 Å². The molecule has 4 nitrogen and oxygen atoms in total. The van der Waals surface area contributed by atoms with Gasteiger partial charge in [0.15, 0.2) is 11.6 Å². The summed E-state index contributed by atoms with van der Waals surface area (Å²) in [5, 5.41) is 11.3. The molecule has 2 rings (SSSR count). The molecule has 0 spiro atoms. The van der Waals surface area contributed by atoms with E-state index in [1.54, 1.807) is 7.05 Å². The minimum Gasteiger partial charge on any atom is -0.427 e. The molecule has 90 valence electrons. The average Bonchev–Trinajstić information content (AvgIpc) is 2.73. The van der Waals surface area contributed by atoms with E-state index in [1.165, 1.54) is 23.5 Å². The van der Waals surface area contributed by atoms with Crippen molar-refractivity contribution in [3.8, 4) is 10.9 Å². The van der Waals surface area contributed by atoms with Gasteiger partial charge in [-0.25, -0.2) is 4.39 Å². The van der Waals surface area contributed by atoms with Crippen LogP contribution in [0.25, 0.3) is 0 Å². The monoisotopic (exact) mass is 257 g/mol. The van der Waals surface area contributed by atoms with Crippen LogP contribution >= 0.6 is 11.3 Å². The molecule has 0 fully saturated rings. The molecule has 7 heteroatoms. The van der Waals surface area contributed by atoms with Crippen LogP contribution in [0.5, 0.6) is 10.9 Å². The Labute approximate surface area is 100 Å². The first kappa shape index (κ1) is 11.9. The van der Waals surface area contributed by atoms with Gasteiger partial charge in [0.1, 0.15) is 5.01 Å². The summed E-state index contributed by atoms with van der Waals surface area (Å²) in [4.78, 5) is 0. The number of aromatic nitrogens is 2. The molecule has 0 aliphatic carbocycles. The Bertz CT molecular complexity index is 518. The maximum Gasteiger partial charge on any atom is 0.299 e. The Morgan fingerprint density at radius 1 is 1.35 bits per heavy atom. The minimum atomic E-state index is -1.03. The second-order valence-electron chi connectivity index (χ2n) is 3.15. The molecule has 0 atom stereocenters. The summed E-state index contributed by atoms with van der Waals surface area (Å²) in [6, 6.07) is 3.72. The highest BCUT2D eigenvalue weighted by molar-refractivity contribution is 7.13. The zero-order chi connectivity index (χ0) is 12.3. The van der Waals surface area contributed by atoms with Gasteiger partial charge in [0.25, 0.3) is 5.19 Å². The van der Waals surface area contributed by atoms with Crippen LogP contribution in [-0.4, -0.2) is 17.2 Å². The van der Waals surface area contributed by atoms with Gasteiger partial charge in [-0.05, 0) is 19.2 Å². The molecule has 1 N–H and O–H groups in total. The van der Waals surface area contributed by atoms with Crippen molar-refractivity contribution in [2.45, 2.75) is 6.54 Å². The van der Waals surface area contributed by atoms with Crippen LogP contribution < -0.4 is 10.1 Å². The summed E-state index contributed by atoms with van der Waals surface area (Å²) in [5.74, 6) is -2.18. The summed E-state index contributed by atoms with van der Waals surface area (Å²) in [5.41, 5.74) is 0. The van der Waals surface area contributed by atoms with E-state index in [4.69, 9.17) is 4.74 Å². The average molecular weight is 257 g/mol. The lowest BCUT2D eigenvalue weighted by Gasteiger charge is -2.02. The SMILES string of the molecule is CNCc1nnc(Oc2cccc(F)c2F)s1. The highest BCUT2D eigenvalue weighted by atomic mass is 32.1. The van der Waals surface area contributed by atoms with Gasteiger partial charge in [-0.1, -0.05) is 22.5 Å². The van der Waals surface area contributed by atoms with Crippen molar-refractivity contribution < 1.29 is 13.5 Å². The first-order valence-corrected chi connectivity index (χ1v) is 5.61. The van der Waals surface area contributed by atoms with Crippen LogP contribution in [0.3, 0.4) is 0 Å². The molecule has 1 aromatic carbocycles. The van der Waals surface area contributed by atoms with Gasteiger partial charge in [0, 0.05) is 6.54 Å². The molecule has 0 saturated carbocycles. The molecule has 0 saturated heterocycles. The van der Waals surface area contributed by atoms with Crippen molar-refractivity contribution in [2.24, 2.45) is 0 Å². The Balaban J connectivity index is 2.16. The molecule has 0 unspecified atom stereocenters. The van der Waals surface area contributed by atoms with Crippen molar-refractivity contribution in [3.05, 3.63) is 34.8 Å². The molecule has 0 aliphatic heterocycles. The number of nitrogens with one attached hydrogen (secondary N) is 1. The van der Waals surface area contributed by atoms with Crippen molar-refractivity contribution in [3.63, 3.8) is 0 Å². The van der Waals surface area contributed by atoms with Gasteiger partial charge >= 0.3 is 0 Å². The maximum atomic E-state index is 13.3. The molecule has 0 amide bonds. The first-order chi connectivity index (χ1) is 8.20. The number of nitrogens with zero attached hydrogens (tertiary/aromatic N) is 2. The van der Waals surface area contributed by atoms with Gasteiger partial charge in [-0.15, -0.1) is 5.10 Å². The highest BCUT2D eigenvalue weighted by Crippen LogP contribution is 2.27. The fourth-order valence-electron chi connectivity index (χ4n) is 1.16. The number of hydrogen-bond donors (Lipinski definition) is 1. The molecule has 2 aromatic rings. The van der Waals surface area contributed by atoms with E-state index >= 15 is 0 Å². The van der Waals surface area contributed by atoms with E-state index in [2.05, 4.69) is 15.5 Å². The third-order valence-electron chi connectivity index (χ3n) is 1.89. The Kier molecular flexibility index (Phi) is 3.60. The fraction of sp³-hybridized carbons (Fsp3) is 0.200. The third kappa shape index (κ3) is 2.75. The first-order valence-electron chi connectivity index (χ1n) is 4.79. The number of hydrogen-bond acceptors (Lipinski definition) is 5. The molecule has 1 aromatic heterocycles. The van der Waals surface area contributed by atoms with Gasteiger partial charge < -0.3 is 10.1 Å². The lowest BCUT2D eigenvalue weighted by Crippen LogP contribution is -2.04. The zero-order valence-electron chi connectivity index (χ0n) is 8.91. The minimum absolute atomic E-state index is 0.180. The topological polar surface area (TPSA) is 47.0 Å². The van der Waals surface area contributed by atoms with Crippen LogP contribution in [0, 0.1) is 11.6 Å². The van der Waals surface area contributed by atoms with Crippen molar-refractivity contribution >= 4 is 11.3 Å². The van der Waals surface area contributed by atoms with E-state index in [1.807, 2.05) is 0 Å². The summed E-state index contributed by atoms with van der Waals surface area (Å²) in [7, 11) is 1.77. The number of benzene rings is 1. The Hall–Kier alpha value is -1.60. The highest BCUT2D eigenvalue weighted by Gasteiger charge is 2.12.